The summed E-state index contributed by atoms with van der Waals surface area (Å²) in [6.07, 6.45) is 11.7. The van der Waals surface area contributed by atoms with E-state index in [-0.39, 0.29) is 5.56 Å². The van der Waals surface area contributed by atoms with Gasteiger partial charge in [-0.15, -0.1) is 0 Å². The van der Waals surface area contributed by atoms with Gasteiger partial charge in [-0.05, 0) is 66.7 Å². The van der Waals surface area contributed by atoms with Crippen molar-refractivity contribution >= 4 is 15.5 Å². The number of aryl methyl sites for hydroxylation is 1. The Bertz CT molecular complexity index is 1210. The molecule has 0 saturated carbocycles. The molecule has 1 unspecified atom stereocenters. The predicted octanol–water partition coefficient (Wildman–Crippen LogP) is 10.7. The molecule has 0 bridgehead atoms. The van der Waals surface area contributed by atoms with Crippen LogP contribution in [0.25, 0.3) is 0 Å². The van der Waals surface area contributed by atoms with E-state index in [0.29, 0.717) is 12.1 Å². The second kappa shape index (κ2) is 20.5. The predicted molar refractivity (Wildman–Crippen MR) is 178 cm³/mol. The molecule has 5 heteroatoms. The van der Waals surface area contributed by atoms with Crippen molar-refractivity contribution in [2.24, 2.45) is 0 Å². The Hall–Kier alpha value is -3.36. The van der Waals surface area contributed by atoms with Crippen LogP contribution in [0.1, 0.15) is 81.4 Å². The van der Waals surface area contributed by atoms with Crippen molar-refractivity contribution in [2.45, 2.75) is 73.0 Å². The van der Waals surface area contributed by atoms with Crippen molar-refractivity contribution in [3.05, 3.63) is 143 Å². The van der Waals surface area contributed by atoms with E-state index in [1.54, 1.807) is 6.07 Å². The molecule has 0 aliphatic heterocycles. The van der Waals surface area contributed by atoms with E-state index < -0.39 is 5.66 Å². The van der Waals surface area contributed by atoms with Gasteiger partial charge in [-0.1, -0.05) is 129 Å². The molecule has 0 spiro atoms. The number of nitrogens with one attached hydrogen (secondary N) is 1. The minimum atomic E-state index is -2.80. The summed E-state index contributed by atoms with van der Waals surface area (Å²) in [5.41, 5.74) is 4.95. The third-order valence-electron chi connectivity index (χ3n) is 5.73. The quantitative estimate of drug-likeness (QED) is 0.145. The monoisotopic (exact) mass is 579 g/mol. The average molecular weight is 580 g/mol. The number of carbonyl (C=O) groups is 1. The second-order valence-corrected chi connectivity index (χ2v) is 10.2. The Labute approximate surface area is 249 Å². The highest BCUT2D eigenvalue weighted by molar-refractivity contribution is 7.17. The smallest absolute Gasteiger partial charge is 0.283 e. The van der Waals surface area contributed by atoms with Gasteiger partial charge < -0.3 is 5.32 Å². The summed E-state index contributed by atoms with van der Waals surface area (Å²) in [4.78, 5) is 10.8. The third kappa shape index (κ3) is 15.9. The molecule has 2 rings (SSSR count). The maximum Gasteiger partial charge on any atom is 0.283 e. The van der Waals surface area contributed by atoms with Crippen molar-refractivity contribution in [2.75, 3.05) is 0 Å². The fraction of sp³-hybridized carbons (Fsp3) is 0.306. The van der Waals surface area contributed by atoms with Gasteiger partial charge in [0.25, 0.3) is 5.66 Å². The Morgan fingerprint density at radius 2 is 1.63 bits per heavy atom. The fourth-order valence-corrected chi connectivity index (χ4v) is 3.54. The van der Waals surface area contributed by atoms with Crippen LogP contribution in [0.3, 0.4) is 0 Å². The van der Waals surface area contributed by atoms with Crippen molar-refractivity contribution in [3.8, 4) is 0 Å². The van der Waals surface area contributed by atoms with Gasteiger partial charge in [-0.3, -0.25) is 4.79 Å². The molecule has 0 aliphatic carbocycles. The van der Waals surface area contributed by atoms with E-state index in [9.17, 15) is 13.6 Å². The van der Waals surface area contributed by atoms with Gasteiger partial charge in [0.1, 0.15) is 6.29 Å². The molecule has 2 aromatic carbocycles. The lowest BCUT2D eigenvalue weighted by atomic mass is 10.0. The topological polar surface area (TPSA) is 29.1 Å². The molecule has 0 fully saturated rings. The lowest BCUT2D eigenvalue weighted by molar-refractivity contribution is 0.104. The summed E-state index contributed by atoms with van der Waals surface area (Å²) < 4.78 is 25.5. The second-order valence-electron chi connectivity index (χ2n) is 9.45. The maximum atomic E-state index is 12.7. The van der Waals surface area contributed by atoms with E-state index in [0.717, 1.165) is 59.1 Å². The standard InChI is InChI=1S/C25H31NO.C9H11F2P.C2H6/c1-7-9-20(4)21(5)16-25(11-8-10-19(2)3)22(6)26-17-23-12-14-24(18-27)15-13-23;1-2-7-4-3-5-8(6-7)9(10,11)12;1-2/h8,10-16,18,26H,4-7,9,17H2,1-3H3;3-6H,2,12H2,1H3;1-2H3/b11-8-,25-16+;;. The van der Waals surface area contributed by atoms with Crippen molar-refractivity contribution in [1.29, 1.82) is 0 Å². The lowest BCUT2D eigenvalue weighted by Crippen LogP contribution is -2.13. The first-order chi connectivity index (χ1) is 19.4. The Morgan fingerprint density at radius 3 is 2.15 bits per heavy atom. The summed E-state index contributed by atoms with van der Waals surface area (Å²) in [6.45, 7) is 25.3. The summed E-state index contributed by atoms with van der Waals surface area (Å²) in [5.74, 6) is 0. The molecule has 0 amide bonds. The summed E-state index contributed by atoms with van der Waals surface area (Å²) >= 11 is 0. The number of hydrogen-bond donors (Lipinski definition) is 1. The first-order valence-corrected chi connectivity index (χ1v) is 14.6. The van der Waals surface area contributed by atoms with E-state index in [4.69, 9.17) is 0 Å². The third-order valence-corrected chi connectivity index (χ3v) is 6.06. The van der Waals surface area contributed by atoms with Crippen LogP contribution in [0.2, 0.25) is 0 Å². The molecule has 0 radical (unpaired) electrons. The zero-order valence-corrected chi connectivity index (χ0v) is 26.9. The molecular weight excluding hydrogens is 531 g/mol. The number of aldehydes is 1. The largest absolute Gasteiger partial charge is 0.381 e. The molecule has 0 aromatic heterocycles. The van der Waals surface area contributed by atoms with Crippen LogP contribution in [0.15, 0.2) is 121 Å². The minimum absolute atomic E-state index is 0.0619. The SMILES string of the molecule is C=C(/C=C(\C=C/C=C(C)C)C(=C)NCc1ccc(C=O)cc1)C(=C)CCC.CC.CCc1cccc(C(F)(F)P)c1. The van der Waals surface area contributed by atoms with Crippen LogP contribution in [-0.4, -0.2) is 6.29 Å². The normalized spacial score (nSPS) is 10.9. The Morgan fingerprint density at radius 1 is 1.00 bits per heavy atom. The van der Waals surface area contributed by atoms with Gasteiger partial charge in [0.05, 0.1) is 0 Å². The zero-order chi connectivity index (χ0) is 31.4. The van der Waals surface area contributed by atoms with Crippen LogP contribution < -0.4 is 5.32 Å². The number of rotatable bonds is 13. The highest BCUT2D eigenvalue weighted by atomic mass is 31.0. The summed E-state index contributed by atoms with van der Waals surface area (Å²) in [5, 5.41) is 3.36. The molecule has 1 N–H and O–H groups in total. The fourth-order valence-electron chi connectivity index (χ4n) is 3.36. The van der Waals surface area contributed by atoms with Gasteiger partial charge in [-0.25, -0.2) is 0 Å². The molecule has 0 saturated heterocycles. The van der Waals surface area contributed by atoms with E-state index >= 15 is 0 Å². The number of alkyl halides is 2. The van der Waals surface area contributed by atoms with Crippen LogP contribution in [-0.2, 0) is 18.6 Å². The van der Waals surface area contributed by atoms with E-state index in [2.05, 4.69) is 51.9 Å². The molecule has 0 aliphatic rings. The van der Waals surface area contributed by atoms with Gasteiger partial charge in [-0.2, -0.15) is 8.78 Å². The van der Waals surface area contributed by atoms with Crippen molar-refractivity contribution in [3.63, 3.8) is 0 Å². The molecule has 0 heterocycles. The first-order valence-electron chi connectivity index (χ1n) is 14.0. The van der Waals surface area contributed by atoms with Crippen molar-refractivity contribution in [1.82, 2.24) is 5.32 Å². The van der Waals surface area contributed by atoms with Crippen LogP contribution >= 0.6 is 9.24 Å². The number of halogens is 2. The van der Waals surface area contributed by atoms with Gasteiger partial charge >= 0.3 is 0 Å². The highest BCUT2D eigenvalue weighted by Gasteiger charge is 2.23. The summed E-state index contributed by atoms with van der Waals surface area (Å²) in [7, 11) is 1.54. The van der Waals surface area contributed by atoms with Gasteiger partial charge in [0.2, 0.25) is 0 Å². The van der Waals surface area contributed by atoms with Crippen molar-refractivity contribution < 1.29 is 13.6 Å². The molecule has 1 atom stereocenters. The molecule has 222 valence electrons. The minimum Gasteiger partial charge on any atom is -0.381 e. The number of carbonyl (C=O) groups excluding carboxylic acids is 1. The Kier molecular flexibility index (Phi) is 18.8. The first kappa shape index (κ1) is 37.6. The van der Waals surface area contributed by atoms with Crippen LogP contribution in [0.4, 0.5) is 8.78 Å². The maximum absolute atomic E-state index is 12.7. The van der Waals surface area contributed by atoms with Gasteiger partial charge in [0.15, 0.2) is 0 Å². The van der Waals surface area contributed by atoms with Gasteiger partial charge in [0, 0.05) is 23.4 Å². The molecule has 2 aromatic rings. The molecule has 41 heavy (non-hydrogen) atoms. The highest BCUT2D eigenvalue weighted by Crippen LogP contribution is 2.34. The van der Waals surface area contributed by atoms with E-state index in [1.807, 2.05) is 69.3 Å². The number of hydrogen-bond acceptors (Lipinski definition) is 2. The molecule has 2 nitrogen and oxygen atoms in total. The summed E-state index contributed by atoms with van der Waals surface area (Å²) in [6, 6.07) is 14.0. The average Bonchev–Trinajstić information content (AvgIpc) is 2.96. The van der Waals surface area contributed by atoms with E-state index in [1.165, 1.54) is 26.9 Å². The number of allylic oxidation sites excluding steroid dienone is 7. The number of benzene rings is 2. The molecular formula is C36H48F2NOP. The zero-order valence-electron chi connectivity index (χ0n) is 25.7. The van der Waals surface area contributed by atoms with Crippen LogP contribution in [0.5, 0.6) is 0 Å². The lowest BCUT2D eigenvalue weighted by Gasteiger charge is -2.13. The van der Waals surface area contributed by atoms with Crippen LogP contribution in [0, 0.1) is 0 Å². The Balaban J connectivity index is 0.000000947.